The lowest BCUT2D eigenvalue weighted by molar-refractivity contribution is 0.0751. The number of benzene rings is 1. The Labute approximate surface area is 165 Å². The first kappa shape index (κ1) is 18.9. The van der Waals surface area contributed by atoms with Gasteiger partial charge in [0.25, 0.3) is 12.3 Å². The summed E-state index contributed by atoms with van der Waals surface area (Å²) in [5.41, 5.74) is 1.67. The van der Waals surface area contributed by atoms with E-state index in [4.69, 9.17) is 0 Å². The number of aromatic nitrogens is 4. The van der Waals surface area contributed by atoms with E-state index in [1.54, 1.807) is 35.5 Å². The van der Waals surface area contributed by atoms with Crippen LogP contribution in [-0.2, 0) is 0 Å². The molecule has 1 aliphatic rings. The van der Waals surface area contributed by atoms with Gasteiger partial charge >= 0.3 is 0 Å². The molecule has 1 fully saturated rings. The molecule has 1 atom stereocenters. The predicted octanol–water partition coefficient (Wildman–Crippen LogP) is 3.61. The van der Waals surface area contributed by atoms with Crippen molar-refractivity contribution in [2.24, 2.45) is 4.99 Å². The van der Waals surface area contributed by atoms with E-state index >= 15 is 0 Å². The fraction of sp³-hybridized carbons (Fsp3) is 0.250. The third-order valence-electron chi connectivity index (χ3n) is 4.74. The van der Waals surface area contributed by atoms with E-state index < -0.39 is 6.43 Å². The first-order chi connectivity index (χ1) is 14.0. The summed E-state index contributed by atoms with van der Waals surface area (Å²) < 4.78 is 25.8. The number of rotatable bonds is 4. The van der Waals surface area contributed by atoms with Gasteiger partial charge in [0.05, 0.1) is 30.2 Å². The molecule has 3 aromatic rings. The maximum atomic E-state index is 13.2. The van der Waals surface area contributed by atoms with Crippen molar-refractivity contribution in [3.05, 3.63) is 66.1 Å². The van der Waals surface area contributed by atoms with Crippen LogP contribution in [0.5, 0.6) is 0 Å². The van der Waals surface area contributed by atoms with E-state index in [-0.39, 0.29) is 23.3 Å². The number of para-hydroxylation sites is 1. The number of pyridine rings is 1. The van der Waals surface area contributed by atoms with Crippen LogP contribution < -0.4 is 0 Å². The van der Waals surface area contributed by atoms with Gasteiger partial charge in [-0.1, -0.05) is 12.1 Å². The molecule has 29 heavy (non-hydrogen) atoms. The molecule has 3 heterocycles. The normalized spacial score (nSPS) is 18.0. The van der Waals surface area contributed by atoms with Crippen LogP contribution in [0.1, 0.15) is 35.7 Å². The third-order valence-corrected chi connectivity index (χ3v) is 4.74. The Bertz CT molecular complexity index is 1050. The lowest BCUT2D eigenvalue weighted by atomic mass is 10.1. The van der Waals surface area contributed by atoms with Crippen LogP contribution in [0, 0.1) is 0 Å². The number of nitrogens with zero attached hydrogens (tertiary/aromatic N) is 6. The van der Waals surface area contributed by atoms with Crippen LogP contribution in [0.25, 0.3) is 5.69 Å². The number of hydrogen-bond acceptors (Lipinski definition) is 5. The molecule has 9 heteroatoms. The van der Waals surface area contributed by atoms with Crippen molar-refractivity contribution in [1.29, 1.82) is 0 Å². The van der Waals surface area contributed by atoms with E-state index in [0.29, 0.717) is 24.2 Å². The number of carbonyl (C=O) groups is 1. The minimum atomic E-state index is -2.58. The highest BCUT2D eigenvalue weighted by atomic mass is 19.3. The molecule has 1 saturated heterocycles. The second kappa shape index (κ2) is 7.86. The maximum absolute atomic E-state index is 13.2. The second-order valence-electron chi connectivity index (χ2n) is 6.75. The molecule has 0 unspecified atom stereocenters. The van der Waals surface area contributed by atoms with Crippen molar-refractivity contribution in [3.63, 3.8) is 0 Å². The third kappa shape index (κ3) is 3.89. The molecular weight excluding hydrogens is 378 g/mol. The van der Waals surface area contributed by atoms with Gasteiger partial charge in [-0.2, -0.15) is 15.0 Å². The summed E-state index contributed by atoms with van der Waals surface area (Å²) in [6.45, 7) is 2.24. The summed E-state index contributed by atoms with van der Waals surface area (Å²) in [5.74, 6) is 0.0605. The topological polar surface area (TPSA) is 76.3 Å². The van der Waals surface area contributed by atoms with Crippen LogP contribution >= 0.6 is 0 Å². The maximum Gasteiger partial charge on any atom is 0.264 e. The Kier molecular flexibility index (Phi) is 5.11. The van der Waals surface area contributed by atoms with Gasteiger partial charge < -0.3 is 4.90 Å². The summed E-state index contributed by atoms with van der Waals surface area (Å²) in [5, 5.41) is 8.22. The Morgan fingerprint density at radius 2 is 1.93 bits per heavy atom. The number of carbonyl (C=O) groups excluding carboxylic acids is 1. The Hall–Kier alpha value is -3.49. The van der Waals surface area contributed by atoms with Gasteiger partial charge in [-0.15, -0.1) is 0 Å². The quantitative estimate of drug-likeness (QED) is 0.675. The Morgan fingerprint density at radius 1 is 1.17 bits per heavy atom. The fourth-order valence-corrected chi connectivity index (χ4v) is 3.34. The van der Waals surface area contributed by atoms with Gasteiger partial charge in [0, 0.05) is 29.9 Å². The summed E-state index contributed by atoms with van der Waals surface area (Å²) in [6, 6.07) is 9.57. The molecule has 7 nitrogen and oxygen atoms in total. The molecule has 1 aliphatic heterocycles. The van der Waals surface area contributed by atoms with Crippen molar-refractivity contribution >= 4 is 17.4 Å². The van der Waals surface area contributed by atoms with Crippen LogP contribution in [0.3, 0.4) is 0 Å². The highest BCUT2D eigenvalue weighted by molar-refractivity contribution is 6.03. The van der Waals surface area contributed by atoms with Gasteiger partial charge in [0.1, 0.15) is 0 Å². The largest absolute Gasteiger partial charge is 0.330 e. The molecule has 148 valence electrons. The zero-order valence-electron chi connectivity index (χ0n) is 15.6. The summed E-state index contributed by atoms with van der Waals surface area (Å²) >= 11 is 0. The average molecular weight is 396 g/mol. The molecule has 1 amide bonds. The van der Waals surface area contributed by atoms with Gasteiger partial charge in [0.2, 0.25) is 0 Å². The zero-order chi connectivity index (χ0) is 20.4. The number of hydrogen-bond donors (Lipinski definition) is 0. The Morgan fingerprint density at radius 3 is 2.69 bits per heavy atom. The van der Waals surface area contributed by atoms with E-state index in [9.17, 15) is 13.6 Å². The monoisotopic (exact) mass is 396 g/mol. The van der Waals surface area contributed by atoms with Crippen LogP contribution in [0.15, 0.2) is 60.0 Å². The smallest absolute Gasteiger partial charge is 0.264 e. The van der Waals surface area contributed by atoms with Crippen LogP contribution in [-0.4, -0.2) is 49.1 Å². The molecule has 4 rings (SSSR count). The molecule has 0 saturated carbocycles. The van der Waals surface area contributed by atoms with Gasteiger partial charge in [-0.3, -0.25) is 4.79 Å². The van der Waals surface area contributed by atoms with Crippen LogP contribution in [0.4, 0.5) is 14.6 Å². The standard InChI is InChI=1S/C20H18F2N6O/c1-13-10-15(26-18-11-14(19(21)22)6-7-23-18)12-27(13)20(29)16-4-2-3-5-17(16)28-24-8-9-25-28/h2-9,11,13,19H,10,12H2,1H3/t13-/m1/s1. The van der Waals surface area contributed by atoms with E-state index in [2.05, 4.69) is 20.2 Å². The molecule has 1 aromatic carbocycles. The molecular formula is C20H18F2N6O. The number of halogens is 2. The molecule has 0 radical (unpaired) electrons. The minimum absolute atomic E-state index is 0.0850. The number of alkyl halides is 2. The number of aliphatic imine (C=N–C) groups is 1. The van der Waals surface area contributed by atoms with Crippen molar-refractivity contribution in [1.82, 2.24) is 24.9 Å². The highest BCUT2D eigenvalue weighted by Crippen LogP contribution is 2.25. The van der Waals surface area contributed by atoms with Crippen LogP contribution in [0.2, 0.25) is 0 Å². The highest BCUT2D eigenvalue weighted by Gasteiger charge is 2.31. The molecule has 0 N–H and O–H groups in total. The van der Waals surface area contributed by atoms with Gasteiger partial charge in [0.15, 0.2) is 5.82 Å². The van der Waals surface area contributed by atoms with Gasteiger partial charge in [-0.05, 0) is 31.2 Å². The predicted molar refractivity (Wildman–Crippen MR) is 103 cm³/mol. The summed E-state index contributed by atoms with van der Waals surface area (Å²) in [4.78, 5) is 24.8. The van der Waals surface area contributed by atoms with Crippen molar-refractivity contribution < 1.29 is 13.6 Å². The van der Waals surface area contributed by atoms with Crippen molar-refractivity contribution in [2.75, 3.05) is 6.54 Å². The SMILES string of the molecule is C[C@@H]1CC(=Nc2cc(C(F)F)ccn2)CN1C(=O)c1ccccc1-n1nccn1. The van der Waals surface area contributed by atoms with E-state index in [1.807, 2.05) is 13.0 Å². The number of amides is 1. The van der Waals surface area contributed by atoms with Gasteiger partial charge in [-0.25, -0.2) is 18.8 Å². The summed E-state index contributed by atoms with van der Waals surface area (Å²) in [6.07, 6.45) is 2.38. The van der Waals surface area contributed by atoms with Crippen molar-refractivity contribution in [2.45, 2.75) is 25.8 Å². The molecule has 2 aromatic heterocycles. The average Bonchev–Trinajstić information content (AvgIpc) is 3.37. The van der Waals surface area contributed by atoms with E-state index in [0.717, 1.165) is 5.71 Å². The zero-order valence-corrected chi connectivity index (χ0v) is 15.6. The van der Waals surface area contributed by atoms with Crippen molar-refractivity contribution in [3.8, 4) is 5.69 Å². The molecule has 0 bridgehead atoms. The second-order valence-corrected chi connectivity index (χ2v) is 6.75. The lowest BCUT2D eigenvalue weighted by Gasteiger charge is -2.21. The number of likely N-dealkylation sites (tertiary alicyclic amines) is 1. The Balaban J connectivity index is 1.58. The molecule has 0 spiro atoms. The first-order valence-electron chi connectivity index (χ1n) is 9.10. The first-order valence-corrected chi connectivity index (χ1v) is 9.10. The lowest BCUT2D eigenvalue weighted by Crippen LogP contribution is -2.34. The molecule has 0 aliphatic carbocycles. The fourth-order valence-electron chi connectivity index (χ4n) is 3.34. The van der Waals surface area contributed by atoms with E-state index in [1.165, 1.54) is 23.1 Å². The summed E-state index contributed by atoms with van der Waals surface area (Å²) in [7, 11) is 0. The minimum Gasteiger partial charge on any atom is -0.330 e.